The van der Waals surface area contributed by atoms with E-state index in [4.69, 9.17) is 26.7 Å². The van der Waals surface area contributed by atoms with E-state index in [-0.39, 0.29) is 28.3 Å². The molecule has 2 aromatic carbocycles. The smallest absolute Gasteiger partial charge is 0.240 e. The van der Waals surface area contributed by atoms with E-state index in [0.29, 0.717) is 16.3 Å². The Bertz CT molecular complexity index is 1260. The predicted molar refractivity (Wildman–Crippen MR) is 110 cm³/mol. The Morgan fingerprint density at radius 1 is 1.33 bits per heavy atom. The van der Waals surface area contributed by atoms with Crippen LogP contribution in [0.3, 0.4) is 0 Å². The lowest BCUT2D eigenvalue weighted by molar-refractivity contribution is -0.115. The van der Waals surface area contributed by atoms with Gasteiger partial charge in [0.25, 0.3) is 0 Å². The lowest BCUT2D eigenvalue weighted by Crippen LogP contribution is -2.18. The van der Waals surface area contributed by atoms with Gasteiger partial charge in [-0.1, -0.05) is 11.6 Å². The predicted octanol–water partition coefficient (Wildman–Crippen LogP) is 2.23. The zero-order chi connectivity index (χ0) is 21.9. The fraction of sp³-hybridized carbons (Fsp3) is 0.105. The van der Waals surface area contributed by atoms with Crippen molar-refractivity contribution in [1.82, 2.24) is 9.78 Å². The molecule has 0 unspecified atom stereocenters. The highest BCUT2D eigenvalue weighted by molar-refractivity contribution is 7.89. The second kappa shape index (κ2) is 8.54. The van der Waals surface area contributed by atoms with Crippen LogP contribution < -0.4 is 15.2 Å². The number of nitrogens with zero attached hydrogens (tertiary/aromatic N) is 3. The molecular weight excluding hydrogens is 430 g/mol. The van der Waals surface area contributed by atoms with Gasteiger partial charge in [-0.3, -0.25) is 4.79 Å². The van der Waals surface area contributed by atoms with Crippen molar-refractivity contribution in [3.05, 3.63) is 64.9 Å². The largest absolute Gasteiger partial charge is 0.496 e. The molecule has 3 rings (SSSR count). The number of ether oxygens (including phenoxy) is 1. The number of hydrogen-bond acceptors (Lipinski definition) is 6. The number of aromatic nitrogens is 2. The van der Waals surface area contributed by atoms with Crippen molar-refractivity contribution in [3.63, 3.8) is 0 Å². The number of nitrogens with two attached hydrogens (primary N) is 1. The minimum atomic E-state index is -4.15. The van der Waals surface area contributed by atoms with Gasteiger partial charge in [0, 0.05) is 22.5 Å². The van der Waals surface area contributed by atoms with Crippen LogP contribution in [0.1, 0.15) is 11.1 Å². The van der Waals surface area contributed by atoms with E-state index in [0.717, 1.165) is 0 Å². The Morgan fingerprint density at radius 2 is 2.10 bits per heavy atom. The van der Waals surface area contributed by atoms with Gasteiger partial charge in [-0.15, -0.1) is 0 Å². The molecule has 0 radical (unpaired) electrons. The number of methoxy groups -OCH3 is 1. The van der Waals surface area contributed by atoms with Gasteiger partial charge in [0.1, 0.15) is 16.7 Å². The molecule has 0 spiro atoms. The molecule has 0 aliphatic rings. The van der Waals surface area contributed by atoms with Crippen LogP contribution in [0.15, 0.2) is 53.7 Å². The molecule has 0 atom stereocenters. The number of nitrogens with one attached hydrogen (secondary N) is 1. The third-order valence-corrected chi connectivity index (χ3v) is 5.28. The van der Waals surface area contributed by atoms with Gasteiger partial charge < -0.3 is 10.1 Å². The molecule has 1 aromatic heterocycles. The normalized spacial score (nSPS) is 11.0. The molecule has 0 aliphatic carbocycles. The number of rotatable bonds is 6. The molecule has 30 heavy (non-hydrogen) atoms. The fourth-order valence-electron chi connectivity index (χ4n) is 2.78. The number of sulfonamides is 1. The van der Waals surface area contributed by atoms with E-state index in [2.05, 4.69) is 10.4 Å². The lowest BCUT2D eigenvalue weighted by atomic mass is 10.1. The zero-order valence-electron chi connectivity index (χ0n) is 15.7. The average Bonchev–Trinajstić information content (AvgIpc) is 3.16. The summed E-state index contributed by atoms with van der Waals surface area (Å²) in [6, 6.07) is 11.0. The van der Waals surface area contributed by atoms with Crippen LogP contribution in [0.25, 0.3) is 5.69 Å². The van der Waals surface area contributed by atoms with E-state index in [1.54, 1.807) is 18.2 Å². The van der Waals surface area contributed by atoms with Gasteiger partial charge in [0.05, 0.1) is 31.0 Å². The van der Waals surface area contributed by atoms with Crippen LogP contribution in [0, 0.1) is 11.3 Å². The van der Waals surface area contributed by atoms with Crippen molar-refractivity contribution >= 4 is 33.2 Å². The average molecular weight is 446 g/mol. The summed E-state index contributed by atoms with van der Waals surface area (Å²) in [7, 11) is -2.66. The first-order valence-corrected chi connectivity index (χ1v) is 10.4. The third-order valence-electron chi connectivity index (χ3n) is 4.10. The fourth-order valence-corrected chi connectivity index (χ4v) is 3.72. The molecule has 1 amide bonds. The first-order chi connectivity index (χ1) is 14.2. The highest BCUT2D eigenvalue weighted by atomic mass is 35.5. The highest BCUT2D eigenvalue weighted by Crippen LogP contribution is 2.25. The molecule has 0 saturated heterocycles. The monoisotopic (exact) mass is 445 g/mol. The second-order valence-corrected chi connectivity index (χ2v) is 8.16. The summed E-state index contributed by atoms with van der Waals surface area (Å²) in [6.45, 7) is 0. The molecule has 154 valence electrons. The number of primary sulfonamides is 1. The summed E-state index contributed by atoms with van der Waals surface area (Å²) < 4.78 is 30.6. The molecule has 0 fully saturated rings. The summed E-state index contributed by atoms with van der Waals surface area (Å²) in [4.78, 5) is 12.2. The number of amides is 1. The quantitative estimate of drug-likeness (QED) is 0.596. The Hall–Kier alpha value is -3.39. The first-order valence-electron chi connectivity index (χ1n) is 8.45. The first kappa shape index (κ1) is 21.3. The minimum absolute atomic E-state index is 0.0408. The second-order valence-electron chi connectivity index (χ2n) is 6.19. The zero-order valence-corrected chi connectivity index (χ0v) is 17.2. The molecule has 9 nitrogen and oxygen atoms in total. The van der Waals surface area contributed by atoms with Gasteiger partial charge in [-0.05, 0) is 36.4 Å². The lowest BCUT2D eigenvalue weighted by Gasteiger charge is -2.12. The van der Waals surface area contributed by atoms with Crippen LogP contribution in [0.5, 0.6) is 5.75 Å². The number of nitriles is 1. The van der Waals surface area contributed by atoms with E-state index in [1.165, 1.54) is 42.4 Å². The number of benzene rings is 2. The third kappa shape index (κ3) is 4.77. The Morgan fingerprint density at radius 3 is 2.73 bits per heavy atom. The maximum atomic E-state index is 12.5. The molecule has 0 aliphatic heterocycles. The summed E-state index contributed by atoms with van der Waals surface area (Å²) in [6.07, 6.45) is 2.62. The number of halogens is 1. The van der Waals surface area contributed by atoms with Gasteiger partial charge in [-0.25, -0.2) is 18.2 Å². The number of anilines is 1. The van der Waals surface area contributed by atoms with Crippen molar-refractivity contribution in [2.75, 3.05) is 12.4 Å². The van der Waals surface area contributed by atoms with E-state index in [9.17, 15) is 13.2 Å². The molecule has 11 heteroatoms. The number of carbonyl (C=O) groups is 1. The van der Waals surface area contributed by atoms with E-state index >= 15 is 0 Å². The number of carbonyl (C=O) groups excluding carboxylic acids is 1. The molecular formula is C19H16ClN5O4S. The molecule has 0 saturated carbocycles. The van der Waals surface area contributed by atoms with Gasteiger partial charge in [-0.2, -0.15) is 10.4 Å². The van der Waals surface area contributed by atoms with E-state index < -0.39 is 15.9 Å². The van der Waals surface area contributed by atoms with Crippen LogP contribution in [-0.2, 0) is 21.2 Å². The van der Waals surface area contributed by atoms with Gasteiger partial charge >= 0.3 is 0 Å². The van der Waals surface area contributed by atoms with Crippen LogP contribution >= 0.6 is 11.6 Å². The van der Waals surface area contributed by atoms with Crippen LogP contribution in [-0.4, -0.2) is 31.2 Å². The Balaban J connectivity index is 1.89. The Kier molecular flexibility index (Phi) is 6.07. The topological polar surface area (TPSA) is 140 Å². The standard InChI is InChI=1S/C19H16ClN5O4S/c1-29-17-5-2-14(20)6-13(17)7-19(26)24-15-3-4-16(18(8-15)30(22,27)28)25-11-12(9-21)10-23-25/h2-6,8,10-11H,7H2,1H3,(H,24,26)(H2,22,27,28). The van der Waals surface area contributed by atoms with Crippen molar-refractivity contribution < 1.29 is 17.9 Å². The van der Waals surface area contributed by atoms with Crippen molar-refractivity contribution in [3.8, 4) is 17.5 Å². The summed E-state index contributed by atoms with van der Waals surface area (Å²) in [5.41, 5.74) is 1.20. The number of hydrogen-bond donors (Lipinski definition) is 2. The summed E-state index contributed by atoms with van der Waals surface area (Å²) in [5.74, 6) is 0.0941. The van der Waals surface area contributed by atoms with E-state index in [1.807, 2.05) is 6.07 Å². The molecule has 0 bridgehead atoms. The summed E-state index contributed by atoms with van der Waals surface area (Å²) in [5, 5.41) is 21.3. The van der Waals surface area contributed by atoms with Crippen molar-refractivity contribution in [2.24, 2.45) is 5.14 Å². The molecule has 1 heterocycles. The van der Waals surface area contributed by atoms with Gasteiger partial charge in [0.2, 0.25) is 15.9 Å². The highest BCUT2D eigenvalue weighted by Gasteiger charge is 2.18. The maximum Gasteiger partial charge on any atom is 0.240 e. The minimum Gasteiger partial charge on any atom is -0.496 e. The summed E-state index contributed by atoms with van der Waals surface area (Å²) >= 11 is 5.98. The van der Waals surface area contributed by atoms with Crippen molar-refractivity contribution in [2.45, 2.75) is 11.3 Å². The van der Waals surface area contributed by atoms with Crippen LogP contribution in [0.2, 0.25) is 5.02 Å². The SMILES string of the molecule is COc1ccc(Cl)cc1CC(=O)Nc1ccc(-n2cc(C#N)cn2)c(S(N)(=O)=O)c1. The maximum absolute atomic E-state index is 12.5. The molecule has 3 N–H and O–H groups in total. The molecule has 3 aromatic rings. The van der Waals surface area contributed by atoms with Gasteiger partial charge in [0.15, 0.2) is 0 Å². The van der Waals surface area contributed by atoms with Crippen molar-refractivity contribution in [1.29, 1.82) is 5.26 Å². The van der Waals surface area contributed by atoms with Crippen LogP contribution in [0.4, 0.5) is 5.69 Å². The Labute approximate surface area is 177 Å².